The molecule has 242 valence electrons. The number of hydrogen-bond acceptors (Lipinski definition) is 6. The molecule has 2 atom stereocenters. The number of thiol groups is 1. The van der Waals surface area contributed by atoms with Crippen molar-refractivity contribution in [1.29, 1.82) is 0 Å². The van der Waals surface area contributed by atoms with Gasteiger partial charge >= 0.3 is 11.6 Å². The zero-order chi connectivity index (χ0) is 33.6. The largest absolute Gasteiger partial charge is 0.338 e. The lowest BCUT2D eigenvalue weighted by Gasteiger charge is -2.28. The third kappa shape index (κ3) is 11.8. The van der Waals surface area contributed by atoms with E-state index in [0.717, 1.165) is 46.4 Å². The summed E-state index contributed by atoms with van der Waals surface area (Å²) in [6.45, 7) is 22.4. The minimum absolute atomic E-state index is 0.0549. The van der Waals surface area contributed by atoms with E-state index in [4.69, 9.17) is 13.4 Å². The lowest BCUT2D eigenvalue weighted by molar-refractivity contribution is -0.134. The summed E-state index contributed by atoms with van der Waals surface area (Å²) in [6, 6.07) is 11.6. The Labute approximate surface area is 273 Å². The molecule has 9 heteroatoms. The zero-order valence-corrected chi connectivity index (χ0v) is 29.9. The van der Waals surface area contributed by atoms with Crippen molar-refractivity contribution in [3.63, 3.8) is 0 Å². The summed E-state index contributed by atoms with van der Waals surface area (Å²) >= 11 is 3.76. The van der Waals surface area contributed by atoms with Gasteiger partial charge in [-0.05, 0) is 71.6 Å². The van der Waals surface area contributed by atoms with Crippen molar-refractivity contribution in [2.75, 3.05) is 13.1 Å². The van der Waals surface area contributed by atoms with Crippen LogP contribution in [0.1, 0.15) is 106 Å². The summed E-state index contributed by atoms with van der Waals surface area (Å²) < 4.78 is 18.2. The summed E-state index contributed by atoms with van der Waals surface area (Å²) in [6.07, 6.45) is 6.61. The first-order valence-electron chi connectivity index (χ1n) is 15.5. The van der Waals surface area contributed by atoms with Crippen molar-refractivity contribution in [2.24, 2.45) is 11.3 Å². The number of aromatic nitrogens is 2. The molecular formula is C35H51N3O4S2. The van der Waals surface area contributed by atoms with Crippen molar-refractivity contribution >= 4 is 41.3 Å². The first kappa shape index (κ1) is 39.0. The first-order chi connectivity index (χ1) is 20.7. The molecular weight excluding hydrogens is 591 g/mol. The Balaban J connectivity index is 0.000000853. The van der Waals surface area contributed by atoms with Crippen LogP contribution >= 0.6 is 12.6 Å². The summed E-state index contributed by atoms with van der Waals surface area (Å²) in [5, 5.41) is 0. The van der Waals surface area contributed by atoms with Gasteiger partial charge < -0.3 is 4.90 Å². The molecule has 44 heavy (non-hydrogen) atoms. The summed E-state index contributed by atoms with van der Waals surface area (Å²) in [7, 11) is 0. The fourth-order valence-electron chi connectivity index (χ4n) is 4.46. The standard InChI is InChI=1S/C28H33N3O2S.C5H12.C2H6.O2S/c1-5-18(3)24-15-22(34)8-9-23(24)25-16-27(32)31-17-21(7-10-26(31)29-25)20-11-13-30(14-12-20)28(33)19(4)6-2;1-5(2,3)4;1-2;1-3-2/h7-11,15-19,34H,5-6,12-14H2,1-4H3;1-4H3;1-2H3;. The maximum Gasteiger partial charge on any atom is 0.335 e. The van der Waals surface area contributed by atoms with Gasteiger partial charge in [0.05, 0.1) is 5.69 Å². The molecule has 4 rings (SSSR count). The van der Waals surface area contributed by atoms with E-state index < -0.39 is 11.6 Å². The first-order valence-corrected chi connectivity index (χ1v) is 16.6. The molecule has 0 bridgehead atoms. The zero-order valence-electron chi connectivity index (χ0n) is 28.1. The van der Waals surface area contributed by atoms with Crippen molar-refractivity contribution in [2.45, 2.75) is 99.3 Å². The third-order valence-electron chi connectivity index (χ3n) is 7.04. The molecule has 2 aromatic heterocycles. The van der Waals surface area contributed by atoms with Gasteiger partial charge in [0, 0.05) is 41.7 Å². The number of fused-ring (bicyclic) bond motifs is 1. The smallest absolute Gasteiger partial charge is 0.335 e. The van der Waals surface area contributed by atoms with Crippen LogP contribution in [0.15, 0.2) is 58.4 Å². The second-order valence-corrected chi connectivity index (χ2v) is 13.0. The molecule has 0 saturated carbocycles. The lowest BCUT2D eigenvalue weighted by Crippen LogP contribution is -2.38. The Bertz CT molecular complexity index is 1500. The van der Waals surface area contributed by atoms with Crippen molar-refractivity contribution in [3.8, 4) is 11.3 Å². The molecule has 7 nitrogen and oxygen atoms in total. The van der Waals surface area contributed by atoms with Crippen LogP contribution in [0.5, 0.6) is 0 Å². The van der Waals surface area contributed by atoms with Crippen molar-refractivity contribution < 1.29 is 13.2 Å². The van der Waals surface area contributed by atoms with Gasteiger partial charge in [-0.15, -0.1) is 12.6 Å². The van der Waals surface area contributed by atoms with Crippen LogP contribution < -0.4 is 5.56 Å². The molecule has 1 amide bonds. The number of pyridine rings is 1. The average molecular weight is 642 g/mol. The molecule has 0 radical (unpaired) electrons. The van der Waals surface area contributed by atoms with Crippen LogP contribution in [-0.4, -0.2) is 41.7 Å². The second-order valence-electron chi connectivity index (χ2n) is 12.3. The minimum Gasteiger partial charge on any atom is -0.338 e. The molecule has 3 aromatic rings. The van der Waals surface area contributed by atoms with Gasteiger partial charge in [0.1, 0.15) is 5.65 Å². The van der Waals surface area contributed by atoms with Gasteiger partial charge in [-0.3, -0.25) is 14.0 Å². The Hall–Kier alpha value is -3.04. The maximum atomic E-state index is 13.1. The van der Waals surface area contributed by atoms with E-state index in [1.807, 2.05) is 63.1 Å². The molecule has 0 aliphatic carbocycles. The van der Waals surface area contributed by atoms with Crippen LogP contribution in [0.3, 0.4) is 0 Å². The molecule has 3 heterocycles. The maximum absolute atomic E-state index is 13.1. The summed E-state index contributed by atoms with van der Waals surface area (Å²) in [5.41, 5.74) is 6.02. The normalized spacial score (nSPS) is 14.0. The van der Waals surface area contributed by atoms with E-state index in [-0.39, 0.29) is 17.4 Å². The van der Waals surface area contributed by atoms with Gasteiger partial charge in [0.15, 0.2) is 0 Å². The second kappa shape index (κ2) is 18.7. The number of amides is 1. The fourth-order valence-corrected chi connectivity index (χ4v) is 4.67. The molecule has 0 saturated heterocycles. The van der Waals surface area contributed by atoms with E-state index in [9.17, 15) is 9.59 Å². The van der Waals surface area contributed by atoms with Crippen LogP contribution in [0.25, 0.3) is 22.5 Å². The Morgan fingerprint density at radius 2 is 1.64 bits per heavy atom. The Morgan fingerprint density at radius 3 is 2.16 bits per heavy atom. The number of carbonyl (C=O) groups is 1. The monoisotopic (exact) mass is 641 g/mol. The number of benzene rings is 1. The number of carbonyl (C=O) groups excluding carboxylic acids is 1. The molecule has 0 N–H and O–H groups in total. The highest BCUT2D eigenvalue weighted by Crippen LogP contribution is 2.32. The van der Waals surface area contributed by atoms with Gasteiger partial charge in [0.25, 0.3) is 5.56 Å². The average Bonchev–Trinajstić information content (AvgIpc) is 3.00. The van der Waals surface area contributed by atoms with Gasteiger partial charge in [0.2, 0.25) is 5.91 Å². The topological polar surface area (TPSA) is 88.8 Å². The summed E-state index contributed by atoms with van der Waals surface area (Å²) in [5.74, 6) is 0.612. The molecule has 2 unspecified atom stereocenters. The minimum atomic E-state index is -0.750. The van der Waals surface area contributed by atoms with E-state index in [0.29, 0.717) is 35.8 Å². The fraction of sp³-hybridized carbons (Fsp3) is 0.514. The number of nitrogens with zero attached hydrogens (tertiary/aromatic N) is 3. The number of hydrogen-bond donors (Lipinski definition) is 1. The highest BCUT2D eigenvalue weighted by Gasteiger charge is 2.22. The van der Waals surface area contributed by atoms with Gasteiger partial charge in [-0.1, -0.05) is 81.4 Å². The van der Waals surface area contributed by atoms with E-state index in [1.54, 1.807) is 10.5 Å². The molecule has 1 aliphatic heterocycles. The summed E-state index contributed by atoms with van der Waals surface area (Å²) in [4.78, 5) is 33.3. The van der Waals surface area contributed by atoms with Crippen LogP contribution in [0, 0.1) is 11.3 Å². The predicted octanol–water partition coefficient (Wildman–Crippen LogP) is 8.23. The highest BCUT2D eigenvalue weighted by molar-refractivity contribution is 7.80. The molecule has 1 aromatic carbocycles. The van der Waals surface area contributed by atoms with E-state index in [1.165, 1.54) is 0 Å². The van der Waals surface area contributed by atoms with Gasteiger partial charge in [-0.25, -0.2) is 4.98 Å². The Morgan fingerprint density at radius 1 is 1.02 bits per heavy atom. The molecule has 0 spiro atoms. The highest BCUT2D eigenvalue weighted by atomic mass is 32.1. The van der Waals surface area contributed by atoms with E-state index >= 15 is 0 Å². The molecule has 1 aliphatic rings. The van der Waals surface area contributed by atoms with Crippen LogP contribution in [-0.2, 0) is 16.4 Å². The SMILES string of the molecule is CC.CC(C)(C)C.CCC(C)C(=O)N1CC=C(c2ccc3nc(-c4ccc(S)cc4C(C)CC)cc(=O)n3c2)CC1.O=S=O. The van der Waals surface area contributed by atoms with E-state index in [2.05, 4.69) is 66.3 Å². The molecule has 0 fully saturated rings. The Kier molecular flexibility index (Phi) is 16.6. The lowest BCUT2D eigenvalue weighted by atomic mass is 9.92. The van der Waals surface area contributed by atoms with Crippen LogP contribution in [0.4, 0.5) is 0 Å². The number of rotatable bonds is 6. The van der Waals surface area contributed by atoms with Crippen molar-refractivity contribution in [1.82, 2.24) is 14.3 Å². The van der Waals surface area contributed by atoms with Crippen LogP contribution in [0.2, 0.25) is 0 Å². The van der Waals surface area contributed by atoms with Gasteiger partial charge in [-0.2, -0.15) is 8.42 Å². The quantitative estimate of drug-likeness (QED) is 0.274. The predicted molar refractivity (Wildman–Crippen MR) is 187 cm³/mol. The van der Waals surface area contributed by atoms with Crippen molar-refractivity contribution in [3.05, 3.63) is 70.2 Å². The third-order valence-corrected chi connectivity index (χ3v) is 7.32.